The summed E-state index contributed by atoms with van der Waals surface area (Å²) in [6.07, 6.45) is 2.27. The first kappa shape index (κ1) is 19.6. The number of hydrogen-bond acceptors (Lipinski definition) is 4. The number of nitrogens with one attached hydrogen (secondary N) is 1. The third kappa shape index (κ3) is 5.40. The maximum absolute atomic E-state index is 12.8. The summed E-state index contributed by atoms with van der Waals surface area (Å²) in [6, 6.07) is 7.77. The van der Waals surface area contributed by atoms with Gasteiger partial charge in [-0.3, -0.25) is 9.59 Å². The Morgan fingerprint density at radius 1 is 1.30 bits per heavy atom. The van der Waals surface area contributed by atoms with E-state index >= 15 is 0 Å². The van der Waals surface area contributed by atoms with Crippen molar-refractivity contribution in [2.45, 2.75) is 39.2 Å². The van der Waals surface area contributed by atoms with Crippen molar-refractivity contribution in [3.8, 4) is 0 Å². The smallest absolute Gasteiger partial charge is 0.244 e. The van der Waals surface area contributed by atoms with Crippen molar-refractivity contribution >= 4 is 28.8 Å². The summed E-state index contributed by atoms with van der Waals surface area (Å²) in [7, 11) is 0. The predicted octanol–water partition coefficient (Wildman–Crippen LogP) is 3.55. The van der Waals surface area contributed by atoms with Crippen LogP contribution in [0.3, 0.4) is 0 Å². The number of amides is 2. The summed E-state index contributed by atoms with van der Waals surface area (Å²) in [5.74, 6) is -0.222. The molecule has 0 saturated carbocycles. The number of ether oxygens (including phenoxy) is 1. The van der Waals surface area contributed by atoms with E-state index in [2.05, 4.69) is 5.32 Å². The van der Waals surface area contributed by atoms with Crippen molar-refractivity contribution in [2.24, 2.45) is 0 Å². The summed E-state index contributed by atoms with van der Waals surface area (Å²) in [5, 5.41) is 6.88. The molecule has 0 aliphatic carbocycles. The molecule has 144 valence electrons. The fourth-order valence-electron chi connectivity index (χ4n) is 3.22. The fourth-order valence-corrected chi connectivity index (χ4v) is 3.89. The molecule has 6 heteroatoms. The number of aryl methyl sites for hydroxylation is 1. The lowest BCUT2D eigenvalue weighted by Gasteiger charge is -2.25. The molecule has 2 aromatic rings. The zero-order valence-corrected chi connectivity index (χ0v) is 16.7. The summed E-state index contributed by atoms with van der Waals surface area (Å²) < 4.78 is 5.68. The number of anilines is 1. The number of benzene rings is 1. The van der Waals surface area contributed by atoms with Gasteiger partial charge in [-0.15, -0.1) is 0 Å². The average Bonchev–Trinajstić information content (AvgIpc) is 3.32. The van der Waals surface area contributed by atoms with Gasteiger partial charge in [0.2, 0.25) is 11.8 Å². The lowest BCUT2D eigenvalue weighted by molar-refractivity contribution is -0.135. The SMILES string of the molecule is Cc1cccc(NC(=O)CN(CC2CCCO2)C(=O)Cc2ccsc2)c1C. The zero-order valence-electron chi connectivity index (χ0n) is 15.9. The number of thiophene rings is 1. The van der Waals surface area contributed by atoms with Crippen LogP contribution in [-0.4, -0.2) is 42.5 Å². The van der Waals surface area contributed by atoms with E-state index in [1.807, 2.05) is 48.9 Å². The van der Waals surface area contributed by atoms with Gasteiger partial charge in [0, 0.05) is 18.8 Å². The minimum atomic E-state index is -0.180. The second-order valence-corrected chi connectivity index (χ2v) is 7.79. The third-order valence-corrected chi connectivity index (χ3v) is 5.68. The lowest BCUT2D eigenvalue weighted by Crippen LogP contribution is -2.43. The van der Waals surface area contributed by atoms with Gasteiger partial charge >= 0.3 is 0 Å². The van der Waals surface area contributed by atoms with Crippen LogP contribution in [0.1, 0.15) is 29.5 Å². The van der Waals surface area contributed by atoms with E-state index < -0.39 is 0 Å². The number of rotatable bonds is 7. The van der Waals surface area contributed by atoms with Gasteiger partial charge in [-0.05, 0) is 66.3 Å². The van der Waals surface area contributed by atoms with Crippen LogP contribution in [0.15, 0.2) is 35.0 Å². The summed E-state index contributed by atoms with van der Waals surface area (Å²) in [4.78, 5) is 27.1. The zero-order chi connectivity index (χ0) is 19.2. The van der Waals surface area contributed by atoms with Crippen molar-refractivity contribution in [2.75, 3.05) is 25.0 Å². The summed E-state index contributed by atoms with van der Waals surface area (Å²) in [5.41, 5.74) is 3.94. The molecule has 2 heterocycles. The first-order valence-corrected chi connectivity index (χ1v) is 10.2. The first-order valence-electron chi connectivity index (χ1n) is 9.29. The maximum Gasteiger partial charge on any atom is 0.244 e. The molecule has 1 aromatic heterocycles. The number of carbonyl (C=O) groups is 2. The largest absolute Gasteiger partial charge is 0.376 e. The molecular formula is C21H26N2O3S. The quantitative estimate of drug-likeness (QED) is 0.792. The highest BCUT2D eigenvalue weighted by molar-refractivity contribution is 7.08. The second-order valence-electron chi connectivity index (χ2n) is 7.01. The second kappa shape index (κ2) is 9.15. The molecular weight excluding hydrogens is 360 g/mol. The highest BCUT2D eigenvalue weighted by Gasteiger charge is 2.24. The Hall–Kier alpha value is -2.18. The van der Waals surface area contributed by atoms with E-state index in [9.17, 15) is 9.59 Å². The standard InChI is InChI=1S/C21H26N2O3S/c1-15-5-3-7-19(16(15)2)22-20(24)13-23(12-18-6-4-9-26-18)21(25)11-17-8-10-27-14-17/h3,5,7-8,10,14,18H,4,6,9,11-13H2,1-2H3,(H,22,24). The molecule has 0 radical (unpaired) electrons. The Balaban J connectivity index is 1.66. The predicted molar refractivity (Wildman–Crippen MR) is 108 cm³/mol. The Labute approximate surface area is 164 Å². The number of nitrogens with zero attached hydrogens (tertiary/aromatic N) is 1. The molecule has 3 rings (SSSR count). The van der Waals surface area contributed by atoms with Crippen molar-refractivity contribution in [1.82, 2.24) is 4.90 Å². The number of hydrogen-bond donors (Lipinski definition) is 1. The Bertz CT molecular complexity index is 783. The maximum atomic E-state index is 12.8. The van der Waals surface area contributed by atoms with Crippen LogP contribution in [0.25, 0.3) is 0 Å². The van der Waals surface area contributed by atoms with E-state index in [-0.39, 0.29) is 24.5 Å². The molecule has 1 unspecified atom stereocenters. The average molecular weight is 387 g/mol. The van der Waals surface area contributed by atoms with E-state index in [1.165, 1.54) is 0 Å². The molecule has 27 heavy (non-hydrogen) atoms. The molecule has 1 saturated heterocycles. The molecule has 0 bridgehead atoms. The van der Waals surface area contributed by atoms with Crippen molar-refractivity contribution in [1.29, 1.82) is 0 Å². The van der Waals surface area contributed by atoms with Crippen molar-refractivity contribution in [3.63, 3.8) is 0 Å². The molecule has 1 atom stereocenters. The van der Waals surface area contributed by atoms with Crippen LogP contribution in [0, 0.1) is 13.8 Å². The topological polar surface area (TPSA) is 58.6 Å². The van der Waals surface area contributed by atoms with Crippen LogP contribution < -0.4 is 5.32 Å². The minimum absolute atomic E-state index is 0.0185. The third-order valence-electron chi connectivity index (χ3n) is 4.95. The van der Waals surface area contributed by atoms with Crippen LogP contribution >= 0.6 is 11.3 Å². The fraction of sp³-hybridized carbons (Fsp3) is 0.429. The Morgan fingerprint density at radius 3 is 2.85 bits per heavy atom. The lowest BCUT2D eigenvalue weighted by atomic mass is 10.1. The molecule has 1 aliphatic rings. The molecule has 1 N–H and O–H groups in total. The molecule has 5 nitrogen and oxygen atoms in total. The summed E-state index contributed by atoms with van der Waals surface area (Å²) in [6.45, 7) is 5.22. The minimum Gasteiger partial charge on any atom is -0.376 e. The van der Waals surface area contributed by atoms with Crippen LogP contribution in [0.4, 0.5) is 5.69 Å². The molecule has 2 amide bonds. The van der Waals surface area contributed by atoms with Gasteiger partial charge in [-0.1, -0.05) is 12.1 Å². The number of carbonyl (C=O) groups excluding carboxylic acids is 2. The highest BCUT2D eigenvalue weighted by atomic mass is 32.1. The van der Waals surface area contributed by atoms with Gasteiger partial charge in [0.15, 0.2) is 0 Å². The highest BCUT2D eigenvalue weighted by Crippen LogP contribution is 2.19. The Morgan fingerprint density at radius 2 is 2.15 bits per heavy atom. The Kier molecular flexibility index (Phi) is 6.63. The van der Waals surface area contributed by atoms with Gasteiger partial charge < -0.3 is 15.0 Å². The van der Waals surface area contributed by atoms with E-state index in [0.29, 0.717) is 13.0 Å². The molecule has 0 spiro atoms. The molecule has 1 fully saturated rings. The van der Waals surface area contributed by atoms with E-state index in [4.69, 9.17) is 4.74 Å². The van der Waals surface area contributed by atoms with Gasteiger partial charge in [0.1, 0.15) is 0 Å². The van der Waals surface area contributed by atoms with Crippen molar-refractivity contribution in [3.05, 3.63) is 51.7 Å². The van der Waals surface area contributed by atoms with Crippen LogP contribution in [-0.2, 0) is 20.7 Å². The van der Waals surface area contributed by atoms with Crippen LogP contribution in [0.2, 0.25) is 0 Å². The van der Waals surface area contributed by atoms with Gasteiger partial charge in [-0.2, -0.15) is 11.3 Å². The van der Waals surface area contributed by atoms with Gasteiger partial charge in [0.05, 0.1) is 19.1 Å². The van der Waals surface area contributed by atoms with Crippen LogP contribution in [0.5, 0.6) is 0 Å². The van der Waals surface area contributed by atoms with Gasteiger partial charge in [0.25, 0.3) is 0 Å². The molecule has 1 aliphatic heterocycles. The molecule has 1 aromatic carbocycles. The normalized spacial score (nSPS) is 16.3. The first-order chi connectivity index (χ1) is 13.0. The monoisotopic (exact) mass is 386 g/mol. The van der Waals surface area contributed by atoms with Gasteiger partial charge in [-0.25, -0.2) is 0 Å². The van der Waals surface area contributed by atoms with E-state index in [1.54, 1.807) is 16.2 Å². The van der Waals surface area contributed by atoms with Crippen molar-refractivity contribution < 1.29 is 14.3 Å². The summed E-state index contributed by atoms with van der Waals surface area (Å²) >= 11 is 1.57. The van der Waals surface area contributed by atoms with E-state index in [0.717, 1.165) is 41.8 Å².